The summed E-state index contributed by atoms with van der Waals surface area (Å²) in [6.07, 6.45) is -1.76. The van der Waals surface area contributed by atoms with Gasteiger partial charge in [0, 0.05) is 33.7 Å². The van der Waals surface area contributed by atoms with Gasteiger partial charge in [-0.3, -0.25) is 0 Å². The van der Waals surface area contributed by atoms with Crippen molar-refractivity contribution in [2.45, 2.75) is 18.6 Å². The van der Waals surface area contributed by atoms with Gasteiger partial charge in [0.25, 0.3) is 0 Å². The molecule has 0 spiro atoms. The molecule has 0 radical (unpaired) electrons. The van der Waals surface area contributed by atoms with E-state index in [-0.39, 0.29) is 25.6 Å². The maximum absolute atomic E-state index is 11.3. The van der Waals surface area contributed by atoms with E-state index in [9.17, 15) is 9.59 Å². The normalized spacial score (nSPS) is 13.7. The number of nitrogens with one attached hydrogen (secondary N) is 2. The molecule has 0 saturated heterocycles. The van der Waals surface area contributed by atoms with Crippen LogP contribution in [0.2, 0.25) is 0 Å². The molecular weight excluding hydrogens is 244 g/mol. The fraction of sp³-hybridized carbons (Fsp3) is 0.800. The van der Waals surface area contributed by atoms with Crippen LogP contribution in [-0.2, 0) is 14.3 Å². The molecule has 2 unspecified atom stereocenters. The van der Waals surface area contributed by atoms with Crippen molar-refractivity contribution in [3.63, 3.8) is 0 Å². The maximum Gasteiger partial charge on any atom is 0.332 e. The van der Waals surface area contributed by atoms with Crippen molar-refractivity contribution in [1.82, 2.24) is 10.6 Å². The highest BCUT2D eigenvalue weighted by atomic mass is 16.5. The molecule has 8 nitrogen and oxygen atoms in total. The SMILES string of the molecule is COCC(CNC(=O)NCCC(O)C(=O)O)OC. The molecule has 0 aliphatic rings. The zero-order valence-corrected chi connectivity index (χ0v) is 10.5. The number of hydrogen-bond acceptors (Lipinski definition) is 5. The van der Waals surface area contributed by atoms with E-state index in [0.29, 0.717) is 6.61 Å². The van der Waals surface area contributed by atoms with Crippen LogP contribution in [0.5, 0.6) is 0 Å². The number of aliphatic hydroxyl groups is 1. The number of methoxy groups -OCH3 is 2. The van der Waals surface area contributed by atoms with E-state index in [0.717, 1.165) is 0 Å². The molecule has 18 heavy (non-hydrogen) atoms. The fourth-order valence-corrected chi connectivity index (χ4v) is 1.11. The fourth-order valence-electron chi connectivity index (χ4n) is 1.11. The summed E-state index contributed by atoms with van der Waals surface area (Å²) >= 11 is 0. The van der Waals surface area contributed by atoms with Crippen LogP contribution >= 0.6 is 0 Å². The van der Waals surface area contributed by atoms with Crippen molar-refractivity contribution in [2.24, 2.45) is 0 Å². The Morgan fingerprint density at radius 1 is 1.28 bits per heavy atom. The number of amides is 2. The summed E-state index contributed by atoms with van der Waals surface area (Å²) in [5, 5.41) is 22.3. The number of carboxylic acid groups (broad SMARTS) is 1. The Bertz CT molecular complexity index is 261. The van der Waals surface area contributed by atoms with Gasteiger partial charge in [0.15, 0.2) is 6.10 Å². The van der Waals surface area contributed by atoms with Gasteiger partial charge in [-0.05, 0) is 0 Å². The lowest BCUT2D eigenvalue weighted by Crippen LogP contribution is -2.42. The van der Waals surface area contributed by atoms with Crippen molar-refractivity contribution in [1.29, 1.82) is 0 Å². The topological polar surface area (TPSA) is 117 Å². The first-order chi connectivity index (χ1) is 8.51. The minimum absolute atomic E-state index is 0.0471. The molecular formula is C10H20N2O6. The Morgan fingerprint density at radius 2 is 1.94 bits per heavy atom. The molecule has 4 N–H and O–H groups in total. The van der Waals surface area contributed by atoms with Gasteiger partial charge < -0.3 is 30.3 Å². The summed E-state index contributed by atoms with van der Waals surface area (Å²) in [7, 11) is 3.03. The molecule has 0 bridgehead atoms. The number of carbonyl (C=O) groups is 2. The molecule has 0 aromatic carbocycles. The van der Waals surface area contributed by atoms with Crippen LogP contribution in [0.4, 0.5) is 4.79 Å². The third kappa shape index (κ3) is 7.82. The minimum atomic E-state index is -1.47. The molecule has 0 heterocycles. The minimum Gasteiger partial charge on any atom is -0.479 e. The monoisotopic (exact) mass is 264 g/mol. The Balaban J connectivity index is 3.68. The standard InChI is InChI=1S/C10H20N2O6/c1-17-6-7(18-2)5-12-10(16)11-4-3-8(13)9(14)15/h7-8,13H,3-6H2,1-2H3,(H,14,15)(H2,11,12,16). The first-order valence-corrected chi connectivity index (χ1v) is 5.45. The molecule has 0 aliphatic heterocycles. The average molecular weight is 264 g/mol. The molecule has 0 aromatic heterocycles. The van der Waals surface area contributed by atoms with Gasteiger partial charge >= 0.3 is 12.0 Å². The van der Waals surface area contributed by atoms with Crippen molar-refractivity contribution in [3.05, 3.63) is 0 Å². The number of rotatable bonds is 9. The number of urea groups is 1. The molecule has 0 aliphatic carbocycles. The van der Waals surface area contributed by atoms with Gasteiger partial charge in [0.05, 0.1) is 12.7 Å². The second kappa shape index (κ2) is 9.63. The van der Waals surface area contributed by atoms with Crippen LogP contribution in [0.3, 0.4) is 0 Å². The quantitative estimate of drug-likeness (QED) is 0.415. The predicted molar refractivity (Wildman–Crippen MR) is 62.3 cm³/mol. The first kappa shape index (κ1) is 16.6. The first-order valence-electron chi connectivity index (χ1n) is 5.45. The van der Waals surface area contributed by atoms with E-state index in [1.807, 2.05) is 0 Å². The van der Waals surface area contributed by atoms with Crippen LogP contribution in [-0.4, -0.2) is 68.3 Å². The van der Waals surface area contributed by atoms with Gasteiger partial charge in [-0.25, -0.2) is 9.59 Å². The summed E-state index contributed by atoms with van der Waals surface area (Å²) in [5.74, 6) is -1.31. The number of hydrogen-bond donors (Lipinski definition) is 4. The number of aliphatic hydroxyl groups excluding tert-OH is 1. The van der Waals surface area contributed by atoms with Crippen LogP contribution in [0, 0.1) is 0 Å². The second-order valence-corrected chi connectivity index (χ2v) is 3.59. The van der Waals surface area contributed by atoms with E-state index in [1.54, 1.807) is 0 Å². The number of ether oxygens (including phenoxy) is 2. The molecule has 0 fully saturated rings. The Hall–Kier alpha value is -1.38. The molecule has 2 atom stereocenters. The summed E-state index contributed by atoms with van der Waals surface area (Å²) in [6, 6.07) is -0.453. The highest BCUT2D eigenvalue weighted by molar-refractivity contribution is 5.74. The van der Waals surface area contributed by atoms with Gasteiger partial charge in [-0.1, -0.05) is 0 Å². The summed E-state index contributed by atoms with van der Waals surface area (Å²) in [5.41, 5.74) is 0. The molecule has 0 aromatic rings. The zero-order valence-electron chi connectivity index (χ0n) is 10.5. The zero-order chi connectivity index (χ0) is 14.0. The van der Waals surface area contributed by atoms with Gasteiger partial charge in [0.2, 0.25) is 0 Å². The third-order valence-electron chi connectivity index (χ3n) is 2.16. The average Bonchev–Trinajstić information content (AvgIpc) is 2.34. The number of carboxylic acids is 1. The predicted octanol–water partition coefficient (Wildman–Crippen LogP) is -1.22. The van der Waals surface area contributed by atoms with Crippen LogP contribution in [0.15, 0.2) is 0 Å². The van der Waals surface area contributed by atoms with E-state index in [4.69, 9.17) is 19.7 Å². The molecule has 0 saturated carbocycles. The Labute approximate surface area is 105 Å². The lowest BCUT2D eigenvalue weighted by atomic mass is 10.2. The smallest absolute Gasteiger partial charge is 0.332 e. The maximum atomic E-state index is 11.3. The van der Waals surface area contributed by atoms with Crippen molar-refractivity contribution >= 4 is 12.0 Å². The highest BCUT2D eigenvalue weighted by Crippen LogP contribution is 1.90. The molecule has 2 amide bonds. The van der Waals surface area contributed by atoms with Gasteiger partial charge in [0.1, 0.15) is 0 Å². The third-order valence-corrected chi connectivity index (χ3v) is 2.16. The lowest BCUT2D eigenvalue weighted by Gasteiger charge is -2.15. The Morgan fingerprint density at radius 3 is 2.44 bits per heavy atom. The van der Waals surface area contributed by atoms with E-state index >= 15 is 0 Å². The van der Waals surface area contributed by atoms with Crippen LogP contribution < -0.4 is 10.6 Å². The van der Waals surface area contributed by atoms with E-state index in [1.165, 1.54) is 14.2 Å². The molecule has 106 valence electrons. The van der Waals surface area contributed by atoms with Crippen molar-refractivity contribution in [3.8, 4) is 0 Å². The van der Waals surface area contributed by atoms with E-state index in [2.05, 4.69) is 10.6 Å². The number of aliphatic carboxylic acids is 1. The lowest BCUT2D eigenvalue weighted by molar-refractivity contribution is -0.146. The number of carbonyl (C=O) groups excluding carboxylic acids is 1. The van der Waals surface area contributed by atoms with Crippen LogP contribution in [0.25, 0.3) is 0 Å². The Kier molecular flexibility index (Phi) is 8.89. The van der Waals surface area contributed by atoms with Crippen molar-refractivity contribution in [2.75, 3.05) is 33.9 Å². The largest absolute Gasteiger partial charge is 0.479 e. The summed E-state index contributed by atoms with van der Waals surface area (Å²) in [4.78, 5) is 21.6. The van der Waals surface area contributed by atoms with Gasteiger partial charge in [-0.2, -0.15) is 0 Å². The van der Waals surface area contributed by atoms with Crippen molar-refractivity contribution < 1.29 is 29.3 Å². The summed E-state index contributed by atoms with van der Waals surface area (Å²) < 4.78 is 9.90. The highest BCUT2D eigenvalue weighted by Gasteiger charge is 2.13. The molecule has 8 heteroatoms. The molecule has 0 rings (SSSR count). The second-order valence-electron chi connectivity index (χ2n) is 3.59. The summed E-state index contributed by atoms with van der Waals surface area (Å²) in [6.45, 7) is 0.702. The van der Waals surface area contributed by atoms with Crippen LogP contribution in [0.1, 0.15) is 6.42 Å². The van der Waals surface area contributed by atoms with Gasteiger partial charge in [-0.15, -0.1) is 0 Å². The van der Waals surface area contributed by atoms with E-state index < -0.39 is 18.1 Å².